The second-order valence-corrected chi connectivity index (χ2v) is 8.90. The third-order valence-corrected chi connectivity index (χ3v) is 6.97. The van der Waals surface area contributed by atoms with Crippen LogP contribution >= 0.6 is 11.3 Å². The molecule has 3 heterocycles. The highest BCUT2D eigenvalue weighted by molar-refractivity contribution is 7.16. The van der Waals surface area contributed by atoms with Gasteiger partial charge in [-0.2, -0.15) is 0 Å². The zero-order valence-electron chi connectivity index (χ0n) is 18.3. The van der Waals surface area contributed by atoms with Gasteiger partial charge in [-0.3, -0.25) is 9.69 Å². The van der Waals surface area contributed by atoms with Crippen LogP contribution in [-0.4, -0.2) is 56.0 Å². The second kappa shape index (κ2) is 9.68. The number of hydrogen-bond acceptors (Lipinski definition) is 6. The summed E-state index contributed by atoms with van der Waals surface area (Å²) >= 11 is 1.63. The molecule has 0 unspecified atom stereocenters. The highest BCUT2D eigenvalue weighted by Crippen LogP contribution is 2.42. The van der Waals surface area contributed by atoms with Gasteiger partial charge in [0.25, 0.3) is 5.91 Å². The molecule has 1 saturated heterocycles. The lowest BCUT2D eigenvalue weighted by atomic mass is 9.96. The van der Waals surface area contributed by atoms with Gasteiger partial charge in [-0.1, -0.05) is 25.1 Å². The fourth-order valence-corrected chi connectivity index (χ4v) is 5.06. The van der Waals surface area contributed by atoms with Crippen molar-refractivity contribution in [3.63, 3.8) is 0 Å². The first kappa shape index (κ1) is 21.6. The Bertz CT molecular complexity index is 1010. The molecule has 0 radical (unpaired) electrons. The predicted molar refractivity (Wildman–Crippen MR) is 124 cm³/mol. The van der Waals surface area contributed by atoms with Crippen LogP contribution < -0.4 is 10.1 Å². The van der Waals surface area contributed by atoms with E-state index in [1.54, 1.807) is 30.6 Å². The molecule has 0 bridgehead atoms. The summed E-state index contributed by atoms with van der Waals surface area (Å²) in [6.45, 7) is 6.04. The van der Waals surface area contributed by atoms with Crippen LogP contribution in [0.25, 0.3) is 0 Å². The molecule has 0 saturated carbocycles. The Hall–Kier alpha value is -2.61. The van der Waals surface area contributed by atoms with Gasteiger partial charge in [0.15, 0.2) is 5.76 Å². The Morgan fingerprint density at radius 1 is 1.16 bits per heavy atom. The minimum absolute atomic E-state index is 0.00620. The summed E-state index contributed by atoms with van der Waals surface area (Å²) in [5.41, 5.74) is 2.22. The lowest BCUT2D eigenvalue weighted by Crippen LogP contribution is -2.46. The number of likely N-dealkylation sites (N-methyl/N-ethyl adjacent to an activating group) is 1. The molecule has 4 rings (SSSR count). The molecule has 0 aliphatic carbocycles. The molecule has 1 aromatic carbocycles. The topological polar surface area (TPSA) is 58.0 Å². The van der Waals surface area contributed by atoms with Crippen molar-refractivity contribution in [2.75, 3.05) is 45.7 Å². The number of nitrogens with zero attached hydrogens (tertiary/aromatic N) is 2. The molecule has 1 atom stereocenters. The number of piperazine rings is 1. The van der Waals surface area contributed by atoms with E-state index in [-0.39, 0.29) is 11.9 Å². The number of anilines is 1. The van der Waals surface area contributed by atoms with Crippen molar-refractivity contribution in [3.05, 3.63) is 70.5 Å². The van der Waals surface area contributed by atoms with Gasteiger partial charge in [0.1, 0.15) is 10.8 Å². The van der Waals surface area contributed by atoms with Crippen molar-refractivity contribution in [2.45, 2.75) is 19.4 Å². The maximum absolute atomic E-state index is 12.8. The van der Waals surface area contributed by atoms with Gasteiger partial charge in [-0.25, -0.2) is 0 Å². The van der Waals surface area contributed by atoms with Gasteiger partial charge < -0.3 is 19.4 Å². The number of carbonyl (C=O) groups excluding carboxylic acids is 1. The number of nitrogens with one attached hydrogen (secondary N) is 1. The number of benzene rings is 1. The van der Waals surface area contributed by atoms with E-state index in [1.165, 1.54) is 11.1 Å². The van der Waals surface area contributed by atoms with E-state index in [1.807, 2.05) is 12.1 Å². The van der Waals surface area contributed by atoms with Crippen molar-refractivity contribution >= 4 is 22.2 Å². The van der Waals surface area contributed by atoms with Crippen molar-refractivity contribution in [1.29, 1.82) is 0 Å². The smallest absolute Gasteiger partial charge is 0.291 e. The van der Waals surface area contributed by atoms with E-state index in [2.05, 4.69) is 47.3 Å². The third kappa shape index (κ3) is 4.69. The molecule has 7 heteroatoms. The van der Waals surface area contributed by atoms with Crippen LogP contribution in [0.4, 0.5) is 5.00 Å². The van der Waals surface area contributed by atoms with Crippen LogP contribution in [0, 0.1) is 0 Å². The van der Waals surface area contributed by atoms with Crippen LogP contribution in [-0.2, 0) is 6.42 Å². The average Bonchev–Trinajstić information content (AvgIpc) is 3.46. The SMILES string of the molecule is CCc1cc([C@H](c2ccccc2OC)N2CCN(C)CC2)c(NC(=O)c2ccco2)s1. The van der Waals surface area contributed by atoms with Crippen LogP contribution in [0.5, 0.6) is 5.75 Å². The Labute approximate surface area is 187 Å². The quantitative estimate of drug-likeness (QED) is 0.587. The van der Waals surface area contributed by atoms with E-state index < -0.39 is 0 Å². The number of ether oxygens (including phenoxy) is 1. The number of thiophene rings is 1. The molecular formula is C24H29N3O3S. The number of para-hydroxylation sites is 1. The summed E-state index contributed by atoms with van der Waals surface area (Å²) in [6.07, 6.45) is 2.43. The summed E-state index contributed by atoms with van der Waals surface area (Å²) in [7, 11) is 3.87. The summed E-state index contributed by atoms with van der Waals surface area (Å²) in [4.78, 5) is 18.9. The first-order chi connectivity index (χ1) is 15.1. The fraction of sp³-hybridized carbons (Fsp3) is 0.375. The van der Waals surface area contributed by atoms with Gasteiger partial charge in [0.2, 0.25) is 0 Å². The second-order valence-electron chi connectivity index (χ2n) is 7.77. The van der Waals surface area contributed by atoms with Crippen molar-refractivity contribution in [3.8, 4) is 5.75 Å². The van der Waals surface area contributed by atoms with E-state index in [0.29, 0.717) is 5.76 Å². The molecule has 2 aromatic heterocycles. The van der Waals surface area contributed by atoms with Gasteiger partial charge in [0.05, 0.1) is 19.4 Å². The molecular weight excluding hydrogens is 410 g/mol. The molecule has 164 valence electrons. The summed E-state index contributed by atoms with van der Waals surface area (Å²) < 4.78 is 11.0. The molecule has 6 nitrogen and oxygen atoms in total. The van der Waals surface area contributed by atoms with Gasteiger partial charge in [-0.15, -0.1) is 11.3 Å². The first-order valence-electron chi connectivity index (χ1n) is 10.6. The Kier molecular flexibility index (Phi) is 6.75. The Morgan fingerprint density at radius 2 is 1.94 bits per heavy atom. The lowest BCUT2D eigenvalue weighted by Gasteiger charge is -2.38. The van der Waals surface area contributed by atoms with E-state index >= 15 is 0 Å². The number of aryl methyl sites for hydroxylation is 1. The van der Waals surface area contributed by atoms with Gasteiger partial charge in [-0.05, 0) is 37.7 Å². The molecule has 0 spiro atoms. The number of furan rings is 1. The van der Waals surface area contributed by atoms with Crippen molar-refractivity contribution < 1.29 is 13.9 Å². The highest BCUT2D eigenvalue weighted by Gasteiger charge is 2.31. The minimum atomic E-state index is -0.229. The largest absolute Gasteiger partial charge is 0.496 e. The van der Waals surface area contributed by atoms with Gasteiger partial charge >= 0.3 is 0 Å². The third-order valence-electron chi connectivity index (χ3n) is 5.76. The number of amides is 1. The van der Waals surface area contributed by atoms with Crippen LogP contribution in [0.15, 0.2) is 53.1 Å². The summed E-state index contributed by atoms with van der Waals surface area (Å²) in [5, 5.41) is 3.98. The Balaban J connectivity index is 1.77. The van der Waals surface area contributed by atoms with Crippen LogP contribution in [0.2, 0.25) is 0 Å². The lowest BCUT2D eigenvalue weighted by molar-refractivity contribution is 0.0996. The molecule has 31 heavy (non-hydrogen) atoms. The normalized spacial score (nSPS) is 16.2. The predicted octanol–water partition coefficient (Wildman–Crippen LogP) is 4.50. The van der Waals surface area contributed by atoms with E-state index in [0.717, 1.165) is 54.5 Å². The number of methoxy groups -OCH3 is 1. The molecule has 1 aliphatic heterocycles. The van der Waals surface area contributed by atoms with E-state index in [4.69, 9.17) is 9.15 Å². The molecule has 1 N–H and O–H groups in total. The zero-order valence-corrected chi connectivity index (χ0v) is 19.1. The molecule has 1 fully saturated rings. The van der Waals surface area contributed by atoms with Crippen molar-refractivity contribution in [2.24, 2.45) is 0 Å². The maximum Gasteiger partial charge on any atom is 0.291 e. The van der Waals surface area contributed by atoms with Crippen molar-refractivity contribution in [1.82, 2.24) is 9.80 Å². The number of carbonyl (C=O) groups is 1. The minimum Gasteiger partial charge on any atom is -0.496 e. The van der Waals surface area contributed by atoms with Crippen LogP contribution in [0.3, 0.4) is 0 Å². The molecule has 3 aromatic rings. The Morgan fingerprint density at radius 3 is 2.61 bits per heavy atom. The standard InChI is InChI=1S/C24H29N3O3S/c1-4-17-16-19(24(31-17)25-23(28)21-10-7-15-30-21)22(27-13-11-26(2)12-14-27)18-8-5-6-9-20(18)29-3/h5-10,15-16,22H,4,11-14H2,1-3H3,(H,25,28)/t22-/m0/s1. The van der Waals surface area contributed by atoms with Crippen LogP contribution in [0.1, 0.15) is 39.5 Å². The average molecular weight is 440 g/mol. The van der Waals surface area contributed by atoms with E-state index in [9.17, 15) is 4.79 Å². The van der Waals surface area contributed by atoms with Gasteiger partial charge in [0, 0.05) is 42.2 Å². The highest BCUT2D eigenvalue weighted by atomic mass is 32.1. The zero-order chi connectivity index (χ0) is 21.8. The maximum atomic E-state index is 12.8. The summed E-state index contributed by atoms with van der Waals surface area (Å²) in [6, 6.07) is 13.8. The molecule has 1 aliphatic rings. The first-order valence-corrected chi connectivity index (χ1v) is 11.4. The fourth-order valence-electron chi connectivity index (χ4n) is 4.04. The number of hydrogen-bond donors (Lipinski definition) is 1. The number of rotatable bonds is 7. The molecule has 1 amide bonds. The monoisotopic (exact) mass is 439 g/mol. The summed E-state index contributed by atoms with van der Waals surface area (Å²) in [5.74, 6) is 0.942.